The van der Waals surface area contributed by atoms with E-state index in [-0.39, 0.29) is 41.8 Å². The highest BCUT2D eigenvalue weighted by molar-refractivity contribution is 7.99. The van der Waals surface area contributed by atoms with Crippen LogP contribution in [-0.4, -0.2) is 51.1 Å². The highest BCUT2D eigenvalue weighted by Gasteiger charge is 2.37. The molecule has 4 N–H and O–H groups in total. The summed E-state index contributed by atoms with van der Waals surface area (Å²) in [4.78, 5) is 39.3. The number of phenols is 1. The first-order valence-electron chi connectivity index (χ1n) is 11.4. The zero-order chi connectivity index (χ0) is 24.8. The van der Waals surface area contributed by atoms with Crippen LogP contribution < -0.4 is 10.6 Å². The lowest BCUT2D eigenvalue weighted by molar-refractivity contribution is -0.163. The Kier molecular flexibility index (Phi) is 9.60. The number of rotatable bonds is 11. The molecule has 0 aromatic heterocycles. The lowest BCUT2D eigenvalue weighted by Gasteiger charge is -2.32. The summed E-state index contributed by atoms with van der Waals surface area (Å²) in [7, 11) is 0. The molecule has 33 heavy (non-hydrogen) atoms. The van der Waals surface area contributed by atoms with Gasteiger partial charge in [-0.1, -0.05) is 34.6 Å². The van der Waals surface area contributed by atoms with Gasteiger partial charge in [-0.25, -0.2) is 5.06 Å². The van der Waals surface area contributed by atoms with Gasteiger partial charge in [-0.15, -0.1) is 11.8 Å². The Morgan fingerprint density at radius 2 is 1.73 bits per heavy atom. The number of carbonyl (C=O) groups is 3. The molecule has 1 saturated carbocycles. The summed E-state index contributed by atoms with van der Waals surface area (Å²) in [5.41, 5.74) is -0.495. The van der Waals surface area contributed by atoms with Gasteiger partial charge in [0.1, 0.15) is 11.8 Å². The van der Waals surface area contributed by atoms with Crippen LogP contribution in [0.1, 0.15) is 60.3 Å². The molecule has 3 amide bonds. The summed E-state index contributed by atoms with van der Waals surface area (Å²) in [5, 5.41) is 26.0. The quantitative estimate of drug-likeness (QED) is 0.167. The molecule has 2 rings (SSSR count). The maximum Gasteiger partial charge on any atom is 0.247 e. The number of amides is 3. The average Bonchev–Trinajstić information content (AvgIpc) is 3.53. The van der Waals surface area contributed by atoms with Gasteiger partial charge >= 0.3 is 0 Å². The number of thioether (sulfide) groups is 1. The second-order valence-corrected chi connectivity index (χ2v) is 11.2. The van der Waals surface area contributed by atoms with E-state index in [1.165, 1.54) is 23.9 Å². The number of hydrogen-bond acceptors (Lipinski definition) is 6. The van der Waals surface area contributed by atoms with Crippen LogP contribution >= 0.6 is 11.8 Å². The smallest absolute Gasteiger partial charge is 0.247 e. The van der Waals surface area contributed by atoms with Crippen molar-refractivity contribution in [2.24, 2.45) is 17.3 Å². The Balaban J connectivity index is 2.00. The number of nitrogens with one attached hydrogen (secondary N) is 2. The Morgan fingerprint density at radius 3 is 2.24 bits per heavy atom. The maximum absolute atomic E-state index is 13.1. The summed E-state index contributed by atoms with van der Waals surface area (Å²) in [6.45, 7) is 9.60. The third kappa shape index (κ3) is 9.25. The zero-order valence-electron chi connectivity index (χ0n) is 20.1. The van der Waals surface area contributed by atoms with Gasteiger partial charge in [0.15, 0.2) is 0 Å². The van der Waals surface area contributed by atoms with Gasteiger partial charge in [0.2, 0.25) is 17.7 Å². The SMILES string of the molecule is CC(C)C[C@H](CC(=O)N(O)CSc1ccc(O)cc1)C(=O)N[C@H](C(=O)NC1CC1)C(C)(C)C. The molecule has 1 aliphatic rings. The van der Waals surface area contributed by atoms with E-state index in [4.69, 9.17) is 0 Å². The lowest BCUT2D eigenvalue weighted by Crippen LogP contribution is -2.55. The minimum Gasteiger partial charge on any atom is -0.508 e. The molecule has 184 valence electrons. The predicted molar refractivity (Wildman–Crippen MR) is 128 cm³/mol. The van der Waals surface area contributed by atoms with Crippen molar-refractivity contribution in [2.45, 2.75) is 77.3 Å². The maximum atomic E-state index is 13.1. The predicted octanol–water partition coefficient (Wildman–Crippen LogP) is 3.52. The summed E-state index contributed by atoms with van der Waals surface area (Å²) >= 11 is 1.23. The van der Waals surface area contributed by atoms with Gasteiger partial charge in [0.25, 0.3) is 0 Å². The van der Waals surface area contributed by atoms with Crippen LogP contribution in [0.2, 0.25) is 0 Å². The van der Waals surface area contributed by atoms with E-state index in [2.05, 4.69) is 10.6 Å². The lowest BCUT2D eigenvalue weighted by atomic mass is 9.85. The molecule has 8 nitrogen and oxygen atoms in total. The van der Waals surface area contributed by atoms with Gasteiger partial charge < -0.3 is 15.7 Å². The third-order valence-corrected chi connectivity index (χ3v) is 6.34. The number of hydroxylamine groups is 2. The van der Waals surface area contributed by atoms with Crippen LogP contribution in [0.25, 0.3) is 0 Å². The molecule has 1 aromatic carbocycles. The van der Waals surface area contributed by atoms with E-state index in [1.54, 1.807) is 12.1 Å². The van der Waals surface area contributed by atoms with E-state index in [9.17, 15) is 24.7 Å². The van der Waals surface area contributed by atoms with Gasteiger partial charge in [-0.05, 0) is 54.9 Å². The molecule has 0 aliphatic heterocycles. The molecule has 1 aromatic rings. The molecule has 2 atom stereocenters. The number of nitrogens with zero attached hydrogens (tertiary/aromatic N) is 1. The molecule has 0 unspecified atom stereocenters. The Morgan fingerprint density at radius 1 is 1.12 bits per heavy atom. The average molecular weight is 480 g/mol. The number of carbonyl (C=O) groups excluding carboxylic acids is 3. The van der Waals surface area contributed by atoms with Crippen molar-refractivity contribution in [2.75, 3.05) is 5.88 Å². The highest BCUT2D eigenvalue weighted by Crippen LogP contribution is 2.26. The van der Waals surface area contributed by atoms with Crippen LogP contribution in [-0.2, 0) is 14.4 Å². The summed E-state index contributed by atoms with van der Waals surface area (Å²) in [5.74, 6) is -1.50. The molecule has 1 fully saturated rings. The van der Waals surface area contributed by atoms with Gasteiger partial charge in [0.05, 0.1) is 5.88 Å². The van der Waals surface area contributed by atoms with Crippen molar-refractivity contribution >= 4 is 29.5 Å². The molecular weight excluding hydrogens is 442 g/mol. The Hall–Kier alpha value is -2.26. The first kappa shape index (κ1) is 27.0. The van der Waals surface area contributed by atoms with Crippen molar-refractivity contribution in [3.63, 3.8) is 0 Å². The minimum atomic E-state index is -0.717. The fraction of sp³-hybridized carbons (Fsp3) is 0.625. The first-order valence-corrected chi connectivity index (χ1v) is 12.4. The van der Waals surface area contributed by atoms with Crippen LogP contribution in [0.3, 0.4) is 0 Å². The van der Waals surface area contributed by atoms with E-state index in [0.717, 1.165) is 17.7 Å². The first-order chi connectivity index (χ1) is 15.4. The Bertz CT molecular complexity index is 818. The highest BCUT2D eigenvalue weighted by atomic mass is 32.2. The number of benzene rings is 1. The third-order valence-electron chi connectivity index (χ3n) is 5.36. The zero-order valence-corrected chi connectivity index (χ0v) is 20.9. The Labute approximate surface area is 200 Å². The summed E-state index contributed by atoms with van der Waals surface area (Å²) in [6, 6.07) is 5.89. The van der Waals surface area contributed by atoms with Crippen molar-refractivity contribution < 1.29 is 24.7 Å². The number of phenolic OH excluding ortho intramolecular Hbond substituents is 1. The monoisotopic (exact) mass is 479 g/mol. The molecule has 0 radical (unpaired) electrons. The van der Waals surface area contributed by atoms with Gasteiger partial charge in [-0.2, -0.15) is 0 Å². The van der Waals surface area contributed by atoms with Crippen LogP contribution in [0.5, 0.6) is 5.75 Å². The fourth-order valence-corrected chi connectivity index (χ4v) is 4.11. The molecule has 0 bridgehead atoms. The topological polar surface area (TPSA) is 119 Å². The van der Waals surface area contributed by atoms with Crippen LogP contribution in [0, 0.1) is 17.3 Å². The van der Waals surface area contributed by atoms with E-state index >= 15 is 0 Å². The summed E-state index contributed by atoms with van der Waals surface area (Å²) in [6.07, 6.45) is 2.21. The second-order valence-electron chi connectivity index (χ2n) is 10.2. The number of aromatic hydroxyl groups is 1. The number of hydrogen-bond donors (Lipinski definition) is 4. The normalized spacial score (nSPS) is 15.6. The molecular formula is C24H37N3O5S. The van der Waals surface area contributed by atoms with Crippen molar-refractivity contribution in [3.05, 3.63) is 24.3 Å². The van der Waals surface area contributed by atoms with Crippen LogP contribution in [0.15, 0.2) is 29.2 Å². The summed E-state index contributed by atoms with van der Waals surface area (Å²) < 4.78 is 0. The van der Waals surface area contributed by atoms with E-state index in [1.807, 2.05) is 34.6 Å². The molecule has 0 spiro atoms. The molecule has 0 saturated heterocycles. The molecule has 9 heteroatoms. The van der Waals surface area contributed by atoms with Crippen molar-refractivity contribution in [1.82, 2.24) is 15.7 Å². The standard InChI is InChI=1S/C24H37N3O5S/c1-15(2)12-16(13-20(29)27(32)14-33-19-10-8-18(28)9-11-19)22(30)26-21(24(3,4)5)23(31)25-17-6-7-17/h8-11,15-17,21,28,32H,6-7,12-14H2,1-5H3,(H,25,31)(H,26,30)/t16-,21-/m1/s1. The molecule has 0 heterocycles. The fourth-order valence-electron chi connectivity index (χ4n) is 3.37. The second kappa shape index (κ2) is 11.7. The van der Waals surface area contributed by atoms with Crippen molar-refractivity contribution in [1.29, 1.82) is 0 Å². The largest absolute Gasteiger partial charge is 0.508 e. The van der Waals surface area contributed by atoms with E-state index in [0.29, 0.717) is 11.5 Å². The van der Waals surface area contributed by atoms with Gasteiger partial charge in [0, 0.05) is 23.3 Å². The van der Waals surface area contributed by atoms with E-state index < -0.39 is 23.3 Å². The van der Waals surface area contributed by atoms with Gasteiger partial charge in [-0.3, -0.25) is 19.6 Å². The van der Waals surface area contributed by atoms with Crippen LogP contribution in [0.4, 0.5) is 0 Å². The van der Waals surface area contributed by atoms with Crippen molar-refractivity contribution in [3.8, 4) is 5.75 Å². The minimum absolute atomic E-state index is 0.00592. The molecule has 1 aliphatic carbocycles.